The molecule has 2 aliphatic heterocycles. The first-order valence-corrected chi connectivity index (χ1v) is 10.9. The molecule has 2 amide bonds. The molecule has 0 aromatic heterocycles. The molecule has 1 aliphatic carbocycles. The number of carbonyl (C=O) groups is 2. The molecule has 2 heterocycles. The highest BCUT2D eigenvalue weighted by molar-refractivity contribution is 5.82. The minimum absolute atomic E-state index is 0.145. The van der Waals surface area contributed by atoms with Gasteiger partial charge in [0.1, 0.15) is 36.3 Å². The van der Waals surface area contributed by atoms with Gasteiger partial charge in [-0.1, -0.05) is 12.1 Å². The summed E-state index contributed by atoms with van der Waals surface area (Å²) in [5.41, 5.74) is 0.778. The third-order valence-corrected chi connectivity index (χ3v) is 6.64. The maximum atomic E-state index is 14.2. The van der Waals surface area contributed by atoms with Gasteiger partial charge in [0.15, 0.2) is 0 Å². The van der Waals surface area contributed by atoms with E-state index in [0.29, 0.717) is 48.3 Å². The molecule has 2 aromatic carbocycles. The van der Waals surface area contributed by atoms with Crippen LogP contribution in [0.5, 0.6) is 11.5 Å². The quantitative estimate of drug-likeness (QED) is 0.759. The zero-order chi connectivity index (χ0) is 22.2. The fourth-order valence-electron chi connectivity index (χ4n) is 4.90. The maximum Gasteiger partial charge on any atom is 0.223 e. The summed E-state index contributed by atoms with van der Waals surface area (Å²) in [7, 11) is 0. The van der Waals surface area contributed by atoms with Crippen LogP contribution in [-0.2, 0) is 9.59 Å². The van der Waals surface area contributed by atoms with Crippen LogP contribution in [0.1, 0.15) is 48.9 Å². The van der Waals surface area contributed by atoms with E-state index in [4.69, 9.17) is 9.47 Å². The van der Waals surface area contributed by atoms with Gasteiger partial charge >= 0.3 is 0 Å². The number of amides is 2. The van der Waals surface area contributed by atoms with Crippen LogP contribution in [0.3, 0.4) is 0 Å². The van der Waals surface area contributed by atoms with Gasteiger partial charge in [-0.2, -0.15) is 0 Å². The zero-order valence-corrected chi connectivity index (χ0v) is 17.4. The second kappa shape index (κ2) is 8.41. The molecule has 2 atom stereocenters. The molecule has 2 N–H and O–H groups in total. The SMILES string of the molecule is O=C(NC1COc2cccc(F)c21)C1CCC(C(=O)NC2COc3cccc(F)c32)CC1. The fraction of sp³-hybridized carbons (Fsp3) is 0.417. The van der Waals surface area contributed by atoms with E-state index in [1.807, 2.05) is 0 Å². The van der Waals surface area contributed by atoms with Crippen molar-refractivity contribution in [2.24, 2.45) is 11.8 Å². The molecule has 5 rings (SSSR count). The lowest BCUT2D eigenvalue weighted by Gasteiger charge is -2.28. The Morgan fingerprint density at radius 2 is 1.12 bits per heavy atom. The summed E-state index contributed by atoms with van der Waals surface area (Å²) < 4.78 is 39.3. The Bertz CT molecular complexity index is 969. The molecule has 6 nitrogen and oxygen atoms in total. The summed E-state index contributed by atoms with van der Waals surface area (Å²) in [5.74, 6) is -0.610. The van der Waals surface area contributed by atoms with Crippen LogP contribution in [0, 0.1) is 23.5 Å². The monoisotopic (exact) mass is 442 g/mol. The van der Waals surface area contributed by atoms with Crippen LogP contribution in [-0.4, -0.2) is 25.0 Å². The molecule has 8 heteroatoms. The third kappa shape index (κ3) is 3.78. The van der Waals surface area contributed by atoms with Gasteiger partial charge in [-0.05, 0) is 49.9 Å². The van der Waals surface area contributed by atoms with Gasteiger partial charge in [0, 0.05) is 11.8 Å². The van der Waals surface area contributed by atoms with Gasteiger partial charge in [-0.3, -0.25) is 9.59 Å². The molecule has 0 spiro atoms. The number of carbonyl (C=O) groups excluding carboxylic acids is 2. The lowest BCUT2D eigenvalue weighted by molar-refractivity contribution is -0.131. The van der Waals surface area contributed by atoms with E-state index in [0.717, 1.165) is 0 Å². The largest absolute Gasteiger partial charge is 0.491 e. The lowest BCUT2D eigenvalue weighted by Crippen LogP contribution is -2.40. The van der Waals surface area contributed by atoms with Crippen LogP contribution in [0.4, 0.5) is 8.78 Å². The Hall–Kier alpha value is -3.16. The van der Waals surface area contributed by atoms with E-state index in [2.05, 4.69) is 10.6 Å². The topological polar surface area (TPSA) is 76.7 Å². The highest BCUT2D eigenvalue weighted by Crippen LogP contribution is 2.37. The number of fused-ring (bicyclic) bond motifs is 2. The highest BCUT2D eigenvalue weighted by atomic mass is 19.1. The Labute approximate surface area is 184 Å². The molecule has 2 aromatic rings. The van der Waals surface area contributed by atoms with Crippen molar-refractivity contribution in [2.75, 3.05) is 13.2 Å². The fourth-order valence-corrected chi connectivity index (χ4v) is 4.90. The van der Waals surface area contributed by atoms with Crippen LogP contribution in [0.15, 0.2) is 36.4 Å². The highest BCUT2D eigenvalue weighted by Gasteiger charge is 2.36. The van der Waals surface area contributed by atoms with Crippen molar-refractivity contribution in [3.05, 3.63) is 59.2 Å². The molecule has 0 saturated heterocycles. The summed E-state index contributed by atoms with van der Waals surface area (Å²) in [6.45, 7) is 0.419. The number of hydrogen-bond acceptors (Lipinski definition) is 4. The lowest BCUT2D eigenvalue weighted by atomic mass is 9.81. The minimum Gasteiger partial charge on any atom is -0.491 e. The second-order valence-electron chi connectivity index (χ2n) is 8.60. The Morgan fingerprint density at radius 1 is 0.719 bits per heavy atom. The molecular formula is C24H24F2N2O4. The summed E-state index contributed by atoms with van der Waals surface area (Å²) >= 11 is 0. The summed E-state index contributed by atoms with van der Waals surface area (Å²) in [6.07, 6.45) is 2.25. The second-order valence-corrected chi connectivity index (χ2v) is 8.60. The number of hydrogen-bond donors (Lipinski definition) is 2. The molecule has 32 heavy (non-hydrogen) atoms. The molecule has 1 saturated carbocycles. The van der Waals surface area contributed by atoms with Crippen LogP contribution in [0.2, 0.25) is 0 Å². The van der Waals surface area contributed by atoms with E-state index in [1.54, 1.807) is 24.3 Å². The molecule has 0 radical (unpaired) electrons. The minimum atomic E-state index is -0.503. The van der Waals surface area contributed by atoms with Crippen LogP contribution in [0.25, 0.3) is 0 Å². The average Bonchev–Trinajstić information content (AvgIpc) is 3.40. The number of ether oxygens (including phenoxy) is 2. The first-order valence-electron chi connectivity index (χ1n) is 10.9. The van der Waals surface area contributed by atoms with Crippen molar-refractivity contribution < 1.29 is 27.8 Å². The third-order valence-electron chi connectivity index (χ3n) is 6.64. The van der Waals surface area contributed by atoms with Crippen LogP contribution >= 0.6 is 0 Å². The van der Waals surface area contributed by atoms with E-state index < -0.39 is 12.1 Å². The maximum absolute atomic E-state index is 14.2. The summed E-state index contributed by atoms with van der Waals surface area (Å²) in [6, 6.07) is 8.24. The first kappa shape index (κ1) is 20.7. The van der Waals surface area contributed by atoms with Crippen molar-refractivity contribution in [1.29, 1.82) is 0 Å². The van der Waals surface area contributed by atoms with E-state index >= 15 is 0 Å². The molecule has 2 unspecified atom stereocenters. The standard InChI is InChI=1S/C24H24F2N2O4/c25-15-3-1-5-19-21(15)17(11-31-19)27-23(29)13-7-9-14(10-8-13)24(30)28-18-12-32-20-6-2-4-16(26)22(18)20/h1-6,13-14,17-18H,7-12H2,(H,27,29)(H,28,30). The number of rotatable bonds is 4. The van der Waals surface area contributed by atoms with E-state index in [9.17, 15) is 18.4 Å². The van der Waals surface area contributed by atoms with Gasteiger partial charge < -0.3 is 20.1 Å². The number of benzene rings is 2. The van der Waals surface area contributed by atoms with Gasteiger partial charge in [0.2, 0.25) is 11.8 Å². The van der Waals surface area contributed by atoms with E-state index in [-0.39, 0.29) is 48.5 Å². The van der Waals surface area contributed by atoms with Gasteiger partial charge in [-0.15, -0.1) is 0 Å². The molecule has 1 fully saturated rings. The smallest absolute Gasteiger partial charge is 0.223 e. The Balaban J connectivity index is 1.14. The van der Waals surface area contributed by atoms with Crippen molar-refractivity contribution in [2.45, 2.75) is 37.8 Å². The molecular weight excluding hydrogens is 418 g/mol. The predicted octanol–water partition coefficient (Wildman–Crippen LogP) is 3.57. The van der Waals surface area contributed by atoms with Gasteiger partial charge in [-0.25, -0.2) is 8.78 Å². The summed E-state index contributed by atoms with van der Waals surface area (Å²) in [4.78, 5) is 25.5. The van der Waals surface area contributed by atoms with E-state index in [1.165, 1.54) is 12.1 Å². The molecule has 3 aliphatic rings. The summed E-state index contributed by atoms with van der Waals surface area (Å²) in [5, 5.41) is 5.81. The Morgan fingerprint density at radius 3 is 1.53 bits per heavy atom. The van der Waals surface area contributed by atoms with Crippen molar-refractivity contribution in [3.63, 3.8) is 0 Å². The van der Waals surface area contributed by atoms with Crippen molar-refractivity contribution in [1.82, 2.24) is 10.6 Å². The van der Waals surface area contributed by atoms with Gasteiger partial charge in [0.05, 0.1) is 23.2 Å². The Kier molecular flexibility index (Phi) is 5.45. The number of nitrogens with one attached hydrogen (secondary N) is 2. The zero-order valence-electron chi connectivity index (χ0n) is 17.4. The van der Waals surface area contributed by atoms with Crippen molar-refractivity contribution in [3.8, 4) is 11.5 Å². The predicted molar refractivity (Wildman–Crippen MR) is 111 cm³/mol. The normalized spacial score (nSPS) is 25.8. The number of halogens is 2. The molecule has 168 valence electrons. The molecule has 0 bridgehead atoms. The average molecular weight is 442 g/mol. The van der Waals surface area contributed by atoms with Gasteiger partial charge in [0.25, 0.3) is 0 Å². The first-order chi connectivity index (χ1) is 15.5. The van der Waals surface area contributed by atoms with Crippen molar-refractivity contribution >= 4 is 11.8 Å². The van der Waals surface area contributed by atoms with Crippen LogP contribution < -0.4 is 20.1 Å².